The van der Waals surface area contributed by atoms with E-state index in [1.807, 2.05) is 30.3 Å². The first kappa shape index (κ1) is 19.6. The molecule has 7 nitrogen and oxygen atoms in total. The molecular formula is C17H24N2O5. The Bertz CT molecular complexity index is 535. The molecule has 0 aromatic heterocycles. The van der Waals surface area contributed by atoms with Gasteiger partial charge in [0.15, 0.2) is 0 Å². The predicted octanol–water partition coefficient (Wildman–Crippen LogP) is 0.636. The topological polar surface area (TPSA) is 87.2 Å². The number of methoxy groups -OCH3 is 1. The van der Waals surface area contributed by atoms with Crippen molar-refractivity contribution in [3.8, 4) is 0 Å². The molecule has 0 spiro atoms. The van der Waals surface area contributed by atoms with Crippen LogP contribution in [-0.2, 0) is 25.5 Å². The van der Waals surface area contributed by atoms with Gasteiger partial charge in [0, 0.05) is 20.2 Å². The largest absolute Gasteiger partial charge is 0.483 e. The average molecular weight is 336 g/mol. The van der Waals surface area contributed by atoms with Gasteiger partial charge < -0.3 is 19.6 Å². The SMILES string of the molecule is COCCN1C(=O)CN(CCc2ccccc2)C(=O)[C@@H]1C.O=CO. The summed E-state index contributed by atoms with van der Waals surface area (Å²) in [5.74, 6) is 0.00819. The smallest absolute Gasteiger partial charge is 0.290 e. The number of hydrogen-bond acceptors (Lipinski definition) is 4. The van der Waals surface area contributed by atoms with Gasteiger partial charge >= 0.3 is 0 Å². The molecule has 1 N–H and O–H groups in total. The summed E-state index contributed by atoms with van der Waals surface area (Å²) in [5.41, 5.74) is 1.17. The monoisotopic (exact) mass is 336 g/mol. The zero-order valence-corrected chi connectivity index (χ0v) is 14.1. The van der Waals surface area contributed by atoms with Crippen molar-refractivity contribution in [2.45, 2.75) is 19.4 Å². The van der Waals surface area contributed by atoms with Crippen LogP contribution in [-0.4, -0.2) is 72.6 Å². The quantitative estimate of drug-likeness (QED) is 0.770. The molecule has 2 rings (SSSR count). The van der Waals surface area contributed by atoms with Gasteiger partial charge in [-0.1, -0.05) is 30.3 Å². The van der Waals surface area contributed by atoms with Crippen molar-refractivity contribution in [1.82, 2.24) is 9.80 Å². The summed E-state index contributed by atoms with van der Waals surface area (Å²) >= 11 is 0. The van der Waals surface area contributed by atoms with E-state index in [0.717, 1.165) is 6.42 Å². The van der Waals surface area contributed by atoms with Crippen LogP contribution in [0.1, 0.15) is 12.5 Å². The highest BCUT2D eigenvalue weighted by Gasteiger charge is 2.35. The number of amides is 2. The first-order valence-corrected chi connectivity index (χ1v) is 7.74. The van der Waals surface area contributed by atoms with Crippen molar-refractivity contribution in [1.29, 1.82) is 0 Å². The van der Waals surface area contributed by atoms with Gasteiger partial charge in [0.25, 0.3) is 6.47 Å². The van der Waals surface area contributed by atoms with E-state index < -0.39 is 6.04 Å². The van der Waals surface area contributed by atoms with E-state index in [-0.39, 0.29) is 24.8 Å². The minimum absolute atomic E-state index is 0.00721. The van der Waals surface area contributed by atoms with E-state index >= 15 is 0 Å². The first-order valence-electron chi connectivity index (χ1n) is 7.74. The molecule has 1 aromatic rings. The third-order valence-electron chi connectivity index (χ3n) is 3.83. The molecular weight excluding hydrogens is 312 g/mol. The summed E-state index contributed by atoms with van der Waals surface area (Å²) in [6.07, 6.45) is 0.769. The summed E-state index contributed by atoms with van der Waals surface area (Å²) in [6.45, 7) is 3.20. The number of carbonyl (C=O) groups excluding carboxylic acids is 2. The molecule has 0 unspecified atom stereocenters. The number of carbonyl (C=O) groups is 3. The summed E-state index contributed by atoms with van der Waals surface area (Å²) in [5, 5.41) is 6.89. The number of rotatable bonds is 6. The number of carboxylic acid groups (broad SMARTS) is 1. The van der Waals surface area contributed by atoms with Crippen LogP contribution in [0.4, 0.5) is 0 Å². The fourth-order valence-corrected chi connectivity index (χ4v) is 2.55. The highest BCUT2D eigenvalue weighted by atomic mass is 16.5. The van der Waals surface area contributed by atoms with E-state index in [0.29, 0.717) is 19.7 Å². The molecule has 1 atom stereocenters. The normalized spacial score (nSPS) is 17.3. The lowest BCUT2D eigenvalue weighted by atomic mass is 10.1. The van der Waals surface area contributed by atoms with E-state index in [9.17, 15) is 9.59 Å². The molecule has 1 fully saturated rings. The second kappa shape index (κ2) is 10.4. The summed E-state index contributed by atoms with van der Waals surface area (Å²) in [7, 11) is 1.59. The van der Waals surface area contributed by atoms with Gasteiger partial charge in [0.1, 0.15) is 6.04 Å². The molecule has 0 radical (unpaired) electrons. The Kier molecular flexibility index (Phi) is 8.49. The van der Waals surface area contributed by atoms with Gasteiger partial charge in [-0.2, -0.15) is 0 Å². The average Bonchev–Trinajstić information content (AvgIpc) is 2.58. The molecule has 0 saturated carbocycles. The molecule has 0 bridgehead atoms. The Morgan fingerprint density at radius 2 is 1.88 bits per heavy atom. The molecule has 1 aliphatic heterocycles. The lowest BCUT2D eigenvalue weighted by molar-refractivity contribution is -0.155. The maximum Gasteiger partial charge on any atom is 0.290 e. The van der Waals surface area contributed by atoms with Crippen LogP contribution in [0.3, 0.4) is 0 Å². The highest BCUT2D eigenvalue weighted by molar-refractivity contribution is 5.94. The summed E-state index contributed by atoms with van der Waals surface area (Å²) in [6, 6.07) is 9.59. The van der Waals surface area contributed by atoms with Crippen LogP contribution in [0.15, 0.2) is 30.3 Å². The predicted molar refractivity (Wildman–Crippen MR) is 88.5 cm³/mol. The molecule has 1 saturated heterocycles. The van der Waals surface area contributed by atoms with Gasteiger partial charge in [-0.05, 0) is 18.9 Å². The lowest BCUT2D eigenvalue weighted by Crippen LogP contribution is -2.59. The zero-order valence-electron chi connectivity index (χ0n) is 14.1. The van der Waals surface area contributed by atoms with Crippen molar-refractivity contribution in [3.63, 3.8) is 0 Å². The van der Waals surface area contributed by atoms with E-state index in [1.165, 1.54) is 5.56 Å². The van der Waals surface area contributed by atoms with Gasteiger partial charge in [-0.15, -0.1) is 0 Å². The number of piperazine rings is 1. The molecule has 1 heterocycles. The third-order valence-corrected chi connectivity index (χ3v) is 3.83. The van der Waals surface area contributed by atoms with Crippen LogP contribution < -0.4 is 0 Å². The molecule has 2 amide bonds. The Morgan fingerprint density at radius 3 is 2.46 bits per heavy atom. The number of ether oxygens (including phenoxy) is 1. The molecule has 1 aromatic carbocycles. The van der Waals surface area contributed by atoms with Crippen LogP contribution >= 0.6 is 0 Å². The molecule has 0 aliphatic carbocycles. The number of hydrogen-bond donors (Lipinski definition) is 1. The highest BCUT2D eigenvalue weighted by Crippen LogP contribution is 2.13. The van der Waals surface area contributed by atoms with Crippen LogP contribution in [0.5, 0.6) is 0 Å². The van der Waals surface area contributed by atoms with Crippen LogP contribution in [0, 0.1) is 0 Å². The van der Waals surface area contributed by atoms with Crippen molar-refractivity contribution in [3.05, 3.63) is 35.9 Å². The molecule has 7 heteroatoms. The second-order valence-electron chi connectivity index (χ2n) is 5.36. The Balaban J connectivity index is 0.000000891. The molecule has 132 valence electrons. The standard InChI is InChI=1S/C16H22N2O3.CH2O2/c1-13-16(20)17(9-8-14-6-4-3-5-7-14)12-15(19)18(13)10-11-21-2;2-1-3/h3-7,13H,8-12H2,1-2H3;1H,(H,2,3)/t13-;/m0./s1. The first-order chi connectivity index (χ1) is 11.5. The zero-order chi connectivity index (χ0) is 17.9. The fourth-order valence-electron chi connectivity index (χ4n) is 2.55. The van der Waals surface area contributed by atoms with Gasteiger partial charge in [0.2, 0.25) is 11.8 Å². The molecule has 1 aliphatic rings. The maximum absolute atomic E-state index is 12.4. The minimum atomic E-state index is -0.405. The second-order valence-corrected chi connectivity index (χ2v) is 5.36. The van der Waals surface area contributed by atoms with Crippen LogP contribution in [0.25, 0.3) is 0 Å². The summed E-state index contributed by atoms with van der Waals surface area (Å²) < 4.78 is 4.99. The lowest BCUT2D eigenvalue weighted by Gasteiger charge is -2.38. The Hall–Kier alpha value is -2.41. The van der Waals surface area contributed by atoms with Crippen molar-refractivity contribution in [2.75, 3.05) is 33.4 Å². The van der Waals surface area contributed by atoms with E-state index in [4.69, 9.17) is 14.6 Å². The van der Waals surface area contributed by atoms with Gasteiger partial charge in [0.05, 0.1) is 13.2 Å². The Labute approximate surface area is 141 Å². The van der Waals surface area contributed by atoms with Crippen molar-refractivity contribution in [2.24, 2.45) is 0 Å². The Morgan fingerprint density at radius 1 is 1.25 bits per heavy atom. The maximum atomic E-state index is 12.4. The number of nitrogens with zero attached hydrogens (tertiary/aromatic N) is 2. The number of benzene rings is 1. The van der Waals surface area contributed by atoms with Crippen molar-refractivity contribution >= 4 is 18.3 Å². The van der Waals surface area contributed by atoms with Gasteiger partial charge in [-0.25, -0.2) is 0 Å². The summed E-state index contributed by atoms with van der Waals surface area (Å²) in [4.78, 5) is 36.1. The van der Waals surface area contributed by atoms with Crippen LogP contribution in [0.2, 0.25) is 0 Å². The van der Waals surface area contributed by atoms with E-state index in [1.54, 1.807) is 23.8 Å². The van der Waals surface area contributed by atoms with Gasteiger partial charge in [-0.3, -0.25) is 14.4 Å². The minimum Gasteiger partial charge on any atom is -0.483 e. The molecule has 24 heavy (non-hydrogen) atoms. The third kappa shape index (κ3) is 5.66. The van der Waals surface area contributed by atoms with E-state index in [2.05, 4.69) is 0 Å². The van der Waals surface area contributed by atoms with Crippen molar-refractivity contribution < 1.29 is 24.2 Å². The fraction of sp³-hybridized carbons (Fsp3) is 0.471.